The van der Waals surface area contributed by atoms with Gasteiger partial charge in [-0.2, -0.15) is 5.26 Å². The molecule has 1 aromatic carbocycles. The zero-order valence-corrected chi connectivity index (χ0v) is 9.39. The summed E-state index contributed by atoms with van der Waals surface area (Å²) in [5.41, 5.74) is 0.548. The maximum atomic E-state index is 13.5. The highest BCUT2D eigenvalue weighted by Gasteiger charge is 2.12. The van der Waals surface area contributed by atoms with Crippen LogP contribution < -0.4 is 0 Å². The molecular weight excluding hydrogens is 208 g/mol. The molecule has 1 nitrogen and oxygen atoms in total. The van der Waals surface area contributed by atoms with Gasteiger partial charge in [0.1, 0.15) is 0 Å². The molecule has 0 spiro atoms. The first-order chi connectivity index (χ1) is 7.70. The lowest BCUT2D eigenvalue weighted by molar-refractivity contribution is 0.489. The van der Waals surface area contributed by atoms with E-state index in [-0.39, 0.29) is 12.0 Å². The van der Waals surface area contributed by atoms with E-state index in [1.807, 2.05) is 6.07 Å². The smallest absolute Gasteiger partial charge is 0.163 e. The van der Waals surface area contributed by atoms with Crippen molar-refractivity contribution >= 4 is 0 Å². The van der Waals surface area contributed by atoms with Crippen LogP contribution in [0.3, 0.4) is 0 Å². The first kappa shape index (κ1) is 12.6. The van der Waals surface area contributed by atoms with Gasteiger partial charge in [-0.25, -0.2) is 8.78 Å². The maximum absolute atomic E-state index is 13.5. The Morgan fingerprint density at radius 1 is 1.12 bits per heavy atom. The maximum Gasteiger partial charge on any atom is 0.163 e. The highest BCUT2D eigenvalue weighted by atomic mass is 19.2. The molecule has 1 rings (SSSR count). The molecule has 86 valence electrons. The topological polar surface area (TPSA) is 23.8 Å². The minimum absolute atomic E-state index is 0.0853. The molecular formula is C13H15F2N. The molecule has 0 saturated heterocycles. The van der Waals surface area contributed by atoms with E-state index in [1.54, 1.807) is 6.07 Å². The predicted molar refractivity (Wildman–Crippen MR) is 58.9 cm³/mol. The molecule has 3 heteroatoms. The second-order valence-corrected chi connectivity index (χ2v) is 3.80. The van der Waals surface area contributed by atoms with Gasteiger partial charge in [0, 0.05) is 5.56 Å². The monoisotopic (exact) mass is 223 g/mol. The van der Waals surface area contributed by atoms with E-state index in [1.165, 1.54) is 6.07 Å². The summed E-state index contributed by atoms with van der Waals surface area (Å²) in [5.74, 6) is -1.65. The Hall–Kier alpha value is -1.43. The van der Waals surface area contributed by atoms with Gasteiger partial charge in [-0.05, 0) is 18.4 Å². The van der Waals surface area contributed by atoms with Crippen molar-refractivity contribution in [2.75, 3.05) is 0 Å². The molecule has 0 aliphatic rings. The fourth-order valence-electron chi connectivity index (χ4n) is 1.61. The lowest BCUT2D eigenvalue weighted by Gasteiger charge is -2.06. The molecule has 0 saturated carbocycles. The molecule has 0 aliphatic carbocycles. The molecule has 0 atom stereocenters. The van der Waals surface area contributed by atoms with E-state index in [9.17, 15) is 8.78 Å². The molecule has 0 bridgehead atoms. The number of halogens is 2. The highest BCUT2D eigenvalue weighted by molar-refractivity contribution is 5.28. The summed E-state index contributed by atoms with van der Waals surface area (Å²) in [6.07, 6.45) is 3.41. The number of unbranched alkanes of at least 4 members (excludes halogenated alkanes) is 2. The molecule has 1 aromatic rings. The summed E-state index contributed by atoms with van der Waals surface area (Å²) in [5, 5.41) is 8.44. The van der Waals surface area contributed by atoms with Crippen LogP contribution in [-0.2, 0) is 12.8 Å². The number of benzene rings is 1. The van der Waals surface area contributed by atoms with Crippen LogP contribution in [0.15, 0.2) is 12.1 Å². The molecule has 16 heavy (non-hydrogen) atoms. The minimum atomic E-state index is -0.865. The van der Waals surface area contributed by atoms with Crippen molar-refractivity contribution in [1.82, 2.24) is 0 Å². The van der Waals surface area contributed by atoms with Gasteiger partial charge < -0.3 is 0 Å². The fourth-order valence-corrected chi connectivity index (χ4v) is 1.61. The fraction of sp³-hybridized carbons (Fsp3) is 0.462. The van der Waals surface area contributed by atoms with Crippen LogP contribution in [0.4, 0.5) is 8.78 Å². The number of aryl methyl sites for hydroxylation is 1. The Balaban J connectivity index is 2.81. The molecule has 0 fully saturated rings. The standard InChI is InChI=1S/C13H15F2N/c1-2-3-4-5-10-6-7-11(8-9-16)13(15)12(10)14/h6-7H,2-5,8H2,1H3. The summed E-state index contributed by atoms with van der Waals surface area (Å²) in [4.78, 5) is 0. The largest absolute Gasteiger partial charge is 0.203 e. The van der Waals surface area contributed by atoms with Gasteiger partial charge in [0.25, 0.3) is 0 Å². The zero-order valence-electron chi connectivity index (χ0n) is 9.39. The number of hydrogen-bond acceptors (Lipinski definition) is 1. The highest BCUT2D eigenvalue weighted by Crippen LogP contribution is 2.18. The van der Waals surface area contributed by atoms with Crippen LogP contribution >= 0.6 is 0 Å². The third-order valence-corrected chi connectivity index (χ3v) is 2.56. The Labute approximate surface area is 94.7 Å². The normalized spacial score (nSPS) is 10.1. The van der Waals surface area contributed by atoms with Crippen molar-refractivity contribution in [3.05, 3.63) is 34.9 Å². The molecule has 0 aromatic heterocycles. The van der Waals surface area contributed by atoms with Crippen molar-refractivity contribution in [2.24, 2.45) is 0 Å². The van der Waals surface area contributed by atoms with Crippen LogP contribution in [0.5, 0.6) is 0 Å². The Kier molecular flexibility index (Phi) is 4.91. The van der Waals surface area contributed by atoms with Gasteiger partial charge in [-0.3, -0.25) is 0 Å². The van der Waals surface area contributed by atoms with Crippen molar-refractivity contribution in [2.45, 2.75) is 39.0 Å². The second-order valence-electron chi connectivity index (χ2n) is 3.80. The van der Waals surface area contributed by atoms with Crippen LogP contribution in [-0.4, -0.2) is 0 Å². The SMILES string of the molecule is CCCCCc1ccc(CC#N)c(F)c1F. The van der Waals surface area contributed by atoms with Crippen LogP contribution in [0.25, 0.3) is 0 Å². The summed E-state index contributed by atoms with van der Waals surface area (Å²) >= 11 is 0. The molecule has 0 aliphatic heterocycles. The number of nitrogens with zero attached hydrogens (tertiary/aromatic N) is 1. The van der Waals surface area contributed by atoms with E-state index in [4.69, 9.17) is 5.26 Å². The van der Waals surface area contributed by atoms with E-state index < -0.39 is 11.6 Å². The first-order valence-electron chi connectivity index (χ1n) is 5.53. The summed E-state index contributed by atoms with van der Waals surface area (Å²) in [7, 11) is 0. The van der Waals surface area contributed by atoms with Gasteiger partial charge in [0.05, 0.1) is 12.5 Å². The van der Waals surface area contributed by atoms with Gasteiger partial charge in [-0.1, -0.05) is 31.9 Å². The summed E-state index contributed by atoms with van der Waals surface area (Å²) in [6.45, 7) is 2.06. The average molecular weight is 223 g/mol. The number of hydrogen-bond donors (Lipinski definition) is 0. The van der Waals surface area contributed by atoms with E-state index in [0.29, 0.717) is 12.0 Å². The Bertz CT molecular complexity index is 394. The Morgan fingerprint density at radius 3 is 2.38 bits per heavy atom. The van der Waals surface area contributed by atoms with Gasteiger partial charge in [-0.15, -0.1) is 0 Å². The predicted octanol–water partition coefficient (Wildman–Crippen LogP) is 3.76. The molecule has 0 heterocycles. The summed E-state index contributed by atoms with van der Waals surface area (Å²) < 4.78 is 27.0. The second kappa shape index (κ2) is 6.22. The average Bonchev–Trinajstić information content (AvgIpc) is 2.28. The lowest BCUT2D eigenvalue weighted by atomic mass is 10.0. The zero-order chi connectivity index (χ0) is 12.0. The van der Waals surface area contributed by atoms with Gasteiger partial charge in [0.2, 0.25) is 0 Å². The Morgan fingerprint density at radius 2 is 1.75 bits per heavy atom. The molecule has 0 radical (unpaired) electrons. The van der Waals surface area contributed by atoms with Crippen LogP contribution in [0.2, 0.25) is 0 Å². The van der Waals surface area contributed by atoms with Crippen LogP contribution in [0, 0.1) is 23.0 Å². The van der Waals surface area contributed by atoms with E-state index in [0.717, 1.165) is 19.3 Å². The van der Waals surface area contributed by atoms with Gasteiger partial charge >= 0.3 is 0 Å². The van der Waals surface area contributed by atoms with E-state index in [2.05, 4.69) is 6.92 Å². The van der Waals surface area contributed by atoms with Crippen molar-refractivity contribution in [1.29, 1.82) is 5.26 Å². The van der Waals surface area contributed by atoms with Crippen LogP contribution in [0.1, 0.15) is 37.3 Å². The quantitative estimate of drug-likeness (QED) is 0.697. The number of nitriles is 1. The molecule has 0 unspecified atom stereocenters. The summed E-state index contributed by atoms with van der Waals surface area (Å²) in [6, 6.07) is 4.90. The minimum Gasteiger partial charge on any atom is -0.203 e. The lowest BCUT2D eigenvalue weighted by Crippen LogP contribution is -1.99. The van der Waals surface area contributed by atoms with Crippen molar-refractivity contribution < 1.29 is 8.78 Å². The first-order valence-corrected chi connectivity index (χ1v) is 5.53. The van der Waals surface area contributed by atoms with E-state index >= 15 is 0 Å². The van der Waals surface area contributed by atoms with Gasteiger partial charge in [0.15, 0.2) is 11.6 Å². The third-order valence-electron chi connectivity index (χ3n) is 2.56. The molecule has 0 amide bonds. The van der Waals surface area contributed by atoms with Crippen molar-refractivity contribution in [3.63, 3.8) is 0 Å². The number of rotatable bonds is 5. The third kappa shape index (κ3) is 3.03. The molecule has 0 N–H and O–H groups in total. The van der Waals surface area contributed by atoms with Crippen molar-refractivity contribution in [3.8, 4) is 6.07 Å².